The van der Waals surface area contributed by atoms with Crippen molar-refractivity contribution in [3.63, 3.8) is 0 Å². The fourth-order valence-electron chi connectivity index (χ4n) is 3.12. The number of thioether (sulfide) groups is 1. The van der Waals surface area contributed by atoms with Crippen LogP contribution in [-0.2, 0) is 16.1 Å². The van der Waals surface area contributed by atoms with Crippen LogP contribution in [0.2, 0.25) is 0 Å². The Bertz CT molecular complexity index is 825. The first-order valence-electron chi connectivity index (χ1n) is 8.98. The van der Waals surface area contributed by atoms with Crippen molar-refractivity contribution in [3.05, 3.63) is 71.0 Å². The maximum absolute atomic E-state index is 12.9. The molecule has 1 N–H and O–H groups in total. The summed E-state index contributed by atoms with van der Waals surface area (Å²) in [5.41, 5.74) is 3.10. The SMILES string of the molecule is Cc1ccccc1C1SC(C)C(=O)N1CCC(=O)NCc1ccc(F)cc1. The summed E-state index contributed by atoms with van der Waals surface area (Å²) in [7, 11) is 0. The molecule has 2 atom stereocenters. The number of hydrogen-bond donors (Lipinski definition) is 1. The van der Waals surface area contributed by atoms with Crippen molar-refractivity contribution in [2.24, 2.45) is 0 Å². The molecular formula is C21H23FN2O2S. The molecular weight excluding hydrogens is 363 g/mol. The van der Waals surface area contributed by atoms with Gasteiger partial charge in [-0.15, -0.1) is 11.8 Å². The van der Waals surface area contributed by atoms with E-state index in [1.54, 1.807) is 28.8 Å². The van der Waals surface area contributed by atoms with E-state index in [0.29, 0.717) is 13.1 Å². The lowest BCUT2D eigenvalue weighted by Gasteiger charge is -2.25. The van der Waals surface area contributed by atoms with E-state index in [1.165, 1.54) is 12.1 Å². The van der Waals surface area contributed by atoms with Crippen LogP contribution in [0.3, 0.4) is 0 Å². The molecule has 6 heteroatoms. The molecule has 2 amide bonds. The van der Waals surface area contributed by atoms with Crippen molar-refractivity contribution in [1.29, 1.82) is 0 Å². The van der Waals surface area contributed by atoms with Gasteiger partial charge in [0.25, 0.3) is 0 Å². The molecule has 0 radical (unpaired) electrons. The summed E-state index contributed by atoms with van der Waals surface area (Å²) in [6.45, 7) is 4.67. The van der Waals surface area contributed by atoms with Gasteiger partial charge in [-0.1, -0.05) is 36.4 Å². The molecule has 0 bridgehead atoms. The molecule has 2 unspecified atom stereocenters. The number of halogens is 1. The van der Waals surface area contributed by atoms with Gasteiger partial charge in [0, 0.05) is 19.5 Å². The molecule has 2 aromatic rings. The number of carbonyl (C=O) groups is 2. The monoisotopic (exact) mass is 386 g/mol. The Kier molecular flexibility index (Phi) is 6.16. The summed E-state index contributed by atoms with van der Waals surface area (Å²) in [6.07, 6.45) is 0.239. The van der Waals surface area contributed by atoms with E-state index in [4.69, 9.17) is 0 Å². The number of rotatable bonds is 6. The van der Waals surface area contributed by atoms with Crippen LogP contribution in [0.1, 0.15) is 35.4 Å². The van der Waals surface area contributed by atoms with Gasteiger partial charge < -0.3 is 10.2 Å². The molecule has 0 aromatic heterocycles. The summed E-state index contributed by atoms with van der Waals surface area (Å²) in [4.78, 5) is 26.6. The second kappa shape index (κ2) is 8.57. The van der Waals surface area contributed by atoms with Crippen LogP contribution in [0.5, 0.6) is 0 Å². The van der Waals surface area contributed by atoms with Crippen molar-refractivity contribution in [2.75, 3.05) is 6.54 Å². The van der Waals surface area contributed by atoms with Crippen LogP contribution in [-0.4, -0.2) is 28.5 Å². The molecule has 3 rings (SSSR count). The molecule has 0 aliphatic carbocycles. The minimum absolute atomic E-state index is 0.0569. The van der Waals surface area contributed by atoms with Crippen molar-refractivity contribution in [2.45, 2.75) is 37.4 Å². The zero-order chi connectivity index (χ0) is 19.4. The van der Waals surface area contributed by atoms with Crippen molar-refractivity contribution in [3.8, 4) is 0 Å². The van der Waals surface area contributed by atoms with E-state index in [1.807, 2.05) is 38.1 Å². The predicted octanol–water partition coefficient (Wildman–Crippen LogP) is 3.80. The average molecular weight is 386 g/mol. The molecule has 1 aliphatic heterocycles. The number of nitrogens with zero attached hydrogens (tertiary/aromatic N) is 1. The lowest BCUT2D eigenvalue weighted by Crippen LogP contribution is -2.34. The molecule has 1 saturated heterocycles. The molecule has 0 spiro atoms. The van der Waals surface area contributed by atoms with E-state index in [-0.39, 0.29) is 34.7 Å². The minimum Gasteiger partial charge on any atom is -0.352 e. The highest BCUT2D eigenvalue weighted by Gasteiger charge is 2.38. The first kappa shape index (κ1) is 19.4. The predicted molar refractivity (Wildman–Crippen MR) is 106 cm³/mol. The standard InChI is InChI=1S/C21H23FN2O2S/c1-14-5-3-4-6-18(14)21-24(20(26)15(2)27-21)12-11-19(25)23-13-16-7-9-17(22)10-8-16/h3-10,15,21H,11-13H2,1-2H3,(H,23,25). The highest BCUT2D eigenvalue weighted by Crippen LogP contribution is 2.43. The highest BCUT2D eigenvalue weighted by atomic mass is 32.2. The Morgan fingerprint density at radius 2 is 1.89 bits per heavy atom. The molecule has 27 heavy (non-hydrogen) atoms. The van der Waals surface area contributed by atoms with Gasteiger partial charge in [-0.3, -0.25) is 9.59 Å². The number of aryl methyl sites for hydroxylation is 1. The van der Waals surface area contributed by atoms with Gasteiger partial charge in [0.1, 0.15) is 11.2 Å². The van der Waals surface area contributed by atoms with Gasteiger partial charge in [0.05, 0.1) is 5.25 Å². The van der Waals surface area contributed by atoms with Crippen LogP contribution in [0.4, 0.5) is 4.39 Å². The summed E-state index contributed by atoms with van der Waals surface area (Å²) in [6, 6.07) is 14.1. The van der Waals surface area contributed by atoms with Gasteiger partial charge >= 0.3 is 0 Å². The van der Waals surface area contributed by atoms with Gasteiger partial charge in [-0.05, 0) is 42.7 Å². The molecule has 4 nitrogen and oxygen atoms in total. The summed E-state index contributed by atoms with van der Waals surface area (Å²) in [5.74, 6) is -0.355. The number of benzene rings is 2. The second-order valence-corrected chi connectivity index (χ2v) is 8.10. The zero-order valence-electron chi connectivity index (χ0n) is 15.4. The number of hydrogen-bond acceptors (Lipinski definition) is 3. The zero-order valence-corrected chi connectivity index (χ0v) is 16.3. The van der Waals surface area contributed by atoms with E-state index < -0.39 is 0 Å². The van der Waals surface area contributed by atoms with Gasteiger partial charge in [0.15, 0.2) is 0 Å². The van der Waals surface area contributed by atoms with Gasteiger partial charge in [-0.2, -0.15) is 0 Å². The smallest absolute Gasteiger partial charge is 0.236 e. The van der Waals surface area contributed by atoms with Crippen LogP contribution in [0, 0.1) is 12.7 Å². The van der Waals surface area contributed by atoms with E-state index in [9.17, 15) is 14.0 Å². The molecule has 2 aromatic carbocycles. The van der Waals surface area contributed by atoms with E-state index >= 15 is 0 Å². The normalized spacial score (nSPS) is 19.4. The third kappa shape index (κ3) is 4.69. The van der Waals surface area contributed by atoms with Crippen molar-refractivity contribution in [1.82, 2.24) is 10.2 Å². The Morgan fingerprint density at radius 3 is 2.59 bits per heavy atom. The second-order valence-electron chi connectivity index (χ2n) is 6.67. The summed E-state index contributed by atoms with van der Waals surface area (Å²) < 4.78 is 12.9. The maximum atomic E-state index is 12.9. The van der Waals surface area contributed by atoms with Crippen LogP contribution in [0.15, 0.2) is 48.5 Å². The van der Waals surface area contributed by atoms with E-state index in [2.05, 4.69) is 5.32 Å². The lowest BCUT2D eigenvalue weighted by atomic mass is 10.1. The fourth-order valence-corrected chi connectivity index (χ4v) is 4.53. The Balaban J connectivity index is 1.59. The lowest BCUT2D eigenvalue weighted by molar-refractivity contribution is -0.130. The molecule has 1 heterocycles. The molecule has 1 aliphatic rings. The quantitative estimate of drug-likeness (QED) is 0.821. The molecule has 0 saturated carbocycles. The van der Waals surface area contributed by atoms with Crippen LogP contribution >= 0.6 is 11.8 Å². The highest BCUT2D eigenvalue weighted by molar-refractivity contribution is 8.01. The van der Waals surface area contributed by atoms with Crippen molar-refractivity contribution >= 4 is 23.6 Å². The van der Waals surface area contributed by atoms with Gasteiger partial charge in [-0.25, -0.2) is 4.39 Å². The Hall–Kier alpha value is -2.34. The number of nitrogens with one attached hydrogen (secondary N) is 1. The topological polar surface area (TPSA) is 49.4 Å². The first-order chi connectivity index (χ1) is 13.0. The number of carbonyl (C=O) groups excluding carboxylic acids is 2. The number of amides is 2. The molecule has 1 fully saturated rings. The fraction of sp³-hybridized carbons (Fsp3) is 0.333. The largest absolute Gasteiger partial charge is 0.352 e. The third-order valence-electron chi connectivity index (χ3n) is 4.68. The Labute approximate surface area is 163 Å². The van der Waals surface area contributed by atoms with Crippen LogP contribution < -0.4 is 5.32 Å². The summed E-state index contributed by atoms with van der Waals surface area (Å²) >= 11 is 1.62. The third-order valence-corrected chi connectivity index (χ3v) is 6.06. The van der Waals surface area contributed by atoms with Gasteiger partial charge in [0.2, 0.25) is 11.8 Å². The minimum atomic E-state index is -0.300. The molecule has 142 valence electrons. The van der Waals surface area contributed by atoms with Crippen LogP contribution in [0.25, 0.3) is 0 Å². The van der Waals surface area contributed by atoms with Crippen molar-refractivity contribution < 1.29 is 14.0 Å². The maximum Gasteiger partial charge on any atom is 0.236 e. The first-order valence-corrected chi connectivity index (χ1v) is 9.92. The average Bonchev–Trinajstić information content (AvgIpc) is 2.94. The summed E-state index contributed by atoms with van der Waals surface area (Å²) in [5, 5.41) is 2.66. The van der Waals surface area contributed by atoms with E-state index in [0.717, 1.165) is 16.7 Å². The Morgan fingerprint density at radius 1 is 1.19 bits per heavy atom.